The molecule has 21 heavy (non-hydrogen) atoms. The van der Waals surface area contributed by atoms with Crippen molar-refractivity contribution in [2.45, 2.75) is 12.5 Å². The summed E-state index contributed by atoms with van der Waals surface area (Å²) in [7, 11) is 1.68. The molecule has 1 atom stereocenters. The van der Waals surface area contributed by atoms with Gasteiger partial charge in [-0.3, -0.25) is 0 Å². The highest BCUT2D eigenvalue weighted by molar-refractivity contribution is 6.30. The zero-order valence-corrected chi connectivity index (χ0v) is 12.8. The van der Waals surface area contributed by atoms with Crippen molar-refractivity contribution in [3.05, 3.63) is 71.3 Å². The van der Waals surface area contributed by atoms with Gasteiger partial charge in [0.1, 0.15) is 5.75 Å². The van der Waals surface area contributed by atoms with Crippen LogP contribution in [0.25, 0.3) is 0 Å². The highest BCUT2D eigenvalue weighted by atomic mass is 35.5. The number of ether oxygens (including phenoxy) is 1. The van der Waals surface area contributed by atoms with E-state index in [2.05, 4.69) is 35.7 Å². The molecule has 1 unspecified atom stereocenters. The minimum absolute atomic E-state index is 0.322. The van der Waals surface area contributed by atoms with Crippen LogP contribution in [0.3, 0.4) is 0 Å². The van der Waals surface area contributed by atoms with Crippen molar-refractivity contribution in [3.63, 3.8) is 0 Å². The van der Waals surface area contributed by atoms with Crippen molar-refractivity contribution < 1.29 is 4.74 Å². The van der Waals surface area contributed by atoms with Gasteiger partial charge in [-0.2, -0.15) is 0 Å². The molecule has 0 saturated carbocycles. The summed E-state index contributed by atoms with van der Waals surface area (Å²) in [6, 6.07) is 16.6. The van der Waals surface area contributed by atoms with Crippen molar-refractivity contribution in [1.82, 2.24) is 0 Å². The smallest absolute Gasteiger partial charge is 0.119 e. The Morgan fingerprint density at radius 1 is 1.10 bits per heavy atom. The number of benzene rings is 2. The fraction of sp³-hybridized carbons (Fsp3) is 0.222. The van der Waals surface area contributed by atoms with Crippen molar-refractivity contribution in [3.8, 4) is 5.75 Å². The van der Waals surface area contributed by atoms with Crippen molar-refractivity contribution in [2.24, 2.45) is 0 Å². The molecule has 2 aromatic rings. The Balaban J connectivity index is 1.91. The number of nitrogens with zero attached hydrogens (tertiary/aromatic N) is 1. The van der Waals surface area contributed by atoms with Crippen LogP contribution in [-0.2, 0) is 0 Å². The van der Waals surface area contributed by atoms with Gasteiger partial charge < -0.3 is 9.64 Å². The third kappa shape index (κ3) is 2.91. The van der Waals surface area contributed by atoms with Crippen LogP contribution in [0.1, 0.15) is 18.0 Å². The van der Waals surface area contributed by atoms with Gasteiger partial charge in [-0.15, -0.1) is 0 Å². The lowest BCUT2D eigenvalue weighted by Crippen LogP contribution is -2.22. The Hall–Kier alpha value is -1.93. The zero-order valence-electron chi connectivity index (χ0n) is 12.1. The summed E-state index contributed by atoms with van der Waals surface area (Å²) < 4.78 is 5.23. The second-order valence-electron chi connectivity index (χ2n) is 5.35. The largest absolute Gasteiger partial charge is 0.497 e. The minimum atomic E-state index is 0.322. The van der Waals surface area contributed by atoms with Crippen LogP contribution in [0.15, 0.2) is 60.7 Å². The zero-order chi connectivity index (χ0) is 14.8. The number of rotatable bonds is 3. The molecule has 3 heteroatoms. The van der Waals surface area contributed by atoms with Gasteiger partial charge in [0, 0.05) is 17.3 Å². The summed E-state index contributed by atoms with van der Waals surface area (Å²) in [6.45, 7) is 5.05. The lowest BCUT2D eigenvalue weighted by Gasteiger charge is -2.27. The number of hydrogen-bond donors (Lipinski definition) is 0. The molecular formula is C18H18ClNO. The average Bonchev–Trinajstić information content (AvgIpc) is 2.90. The van der Waals surface area contributed by atoms with E-state index in [1.54, 1.807) is 7.11 Å². The lowest BCUT2D eigenvalue weighted by molar-refractivity contribution is 0.415. The van der Waals surface area contributed by atoms with E-state index in [1.165, 1.54) is 16.8 Å². The van der Waals surface area contributed by atoms with E-state index in [0.29, 0.717) is 6.04 Å². The average molecular weight is 300 g/mol. The molecule has 0 aliphatic carbocycles. The molecule has 0 amide bonds. The molecule has 0 bridgehead atoms. The van der Waals surface area contributed by atoms with Gasteiger partial charge in [0.2, 0.25) is 0 Å². The predicted molar refractivity (Wildman–Crippen MR) is 88.3 cm³/mol. The standard InChI is InChI=1S/C18H18ClNO/c1-13-11-18(14-3-5-15(19)6-4-14)20(12-13)16-7-9-17(21-2)10-8-16/h3-10,18H,1,11-12H2,2H3. The third-order valence-electron chi connectivity index (χ3n) is 3.91. The van der Waals surface area contributed by atoms with Crippen molar-refractivity contribution in [2.75, 3.05) is 18.6 Å². The van der Waals surface area contributed by atoms with Crippen LogP contribution in [0.5, 0.6) is 5.75 Å². The molecule has 3 rings (SSSR count). The molecule has 0 spiro atoms. The molecule has 0 N–H and O–H groups in total. The Bertz CT molecular complexity index is 633. The lowest BCUT2D eigenvalue weighted by atomic mass is 10.0. The summed E-state index contributed by atoms with van der Waals surface area (Å²) >= 11 is 5.99. The maximum absolute atomic E-state index is 5.99. The summed E-state index contributed by atoms with van der Waals surface area (Å²) in [6.07, 6.45) is 0.980. The topological polar surface area (TPSA) is 12.5 Å². The normalized spacial score (nSPS) is 18.1. The Morgan fingerprint density at radius 3 is 2.38 bits per heavy atom. The first-order chi connectivity index (χ1) is 10.2. The summed E-state index contributed by atoms with van der Waals surface area (Å²) in [5.41, 5.74) is 3.72. The molecule has 1 aliphatic heterocycles. The van der Waals surface area contributed by atoms with Gasteiger partial charge >= 0.3 is 0 Å². The number of hydrogen-bond acceptors (Lipinski definition) is 2. The molecule has 2 nitrogen and oxygen atoms in total. The number of halogens is 1. The first-order valence-corrected chi connectivity index (χ1v) is 7.38. The van der Waals surface area contributed by atoms with E-state index in [1.807, 2.05) is 24.3 Å². The fourth-order valence-corrected chi connectivity index (χ4v) is 2.95. The van der Waals surface area contributed by atoms with Crippen LogP contribution >= 0.6 is 11.6 Å². The van der Waals surface area contributed by atoms with Crippen LogP contribution in [0, 0.1) is 0 Å². The number of methoxy groups -OCH3 is 1. The van der Waals surface area contributed by atoms with Gasteiger partial charge in [0.15, 0.2) is 0 Å². The molecule has 1 aliphatic rings. The molecule has 2 aromatic carbocycles. The maximum Gasteiger partial charge on any atom is 0.119 e. The first-order valence-electron chi connectivity index (χ1n) is 7.00. The van der Waals surface area contributed by atoms with E-state index < -0.39 is 0 Å². The van der Waals surface area contributed by atoms with E-state index >= 15 is 0 Å². The van der Waals surface area contributed by atoms with Gasteiger partial charge in [0.05, 0.1) is 13.2 Å². The molecule has 0 aromatic heterocycles. The van der Waals surface area contributed by atoms with Crippen molar-refractivity contribution in [1.29, 1.82) is 0 Å². The Labute approximate surface area is 130 Å². The highest BCUT2D eigenvalue weighted by Gasteiger charge is 2.28. The van der Waals surface area contributed by atoms with Gasteiger partial charge in [0.25, 0.3) is 0 Å². The fourth-order valence-electron chi connectivity index (χ4n) is 2.83. The molecule has 0 radical (unpaired) electrons. The van der Waals surface area contributed by atoms with Gasteiger partial charge in [-0.05, 0) is 48.4 Å². The van der Waals surface area contributed by atoms with E-state index in [0.717, 1.165) is 23.7 Å². The minimum Gasteiger partial charge on any atom is -0.497 e. The van der Waals surface area contributed by atoms with E-state index in [-0.39, 0.29) is 0 Å². The first kappa shape index (κ1) is 14.0. The Kier molecular flexibility index (Phi) is 3.89. The molecular weight excluding hydrogens is 282 g/mol. The summed E-state index contributed by atoms with van der Waals surface area (Å²) in [5.74, 6) is 0.875. The molecule has 108 valence electrons. The van der Waals surface area contributed by atoms with Gasteiger partial charge in [-0.25, -0.2) is 0 Å². The monoisotopic (exact) mass is 299 g/mol. The predicted octanol–water partition coefficient (Wildman–Crippen LogP) is 4.86. The number of anilines is 1. The van der Waals surface area contributed by atoms with Gasteiger partial charge in [-0.1, -0.05) is 35.9 Å². The highest BCUT2D eigenvalue weighted by Crippen LogP contribution is 2.38. The van der Waals surface area contributed by atoms with Crippen LogP contribution in [0.2, 0.25) is 5.02 Å². The maximum atomic E-state index is 5.99. The Morgan fingerprint density at radius 2 is 1.76 bits per heavy atom. The van der Waals surface area contributed by atoms with Crippen LogP contribution < -0.4 is 9.64 Å². The second-order valence-corrected chi connectivity index (χ2v) is 5.78. The SMILES string of the molecule is C=C1CC(c2ccc(Cl)cc2)N(c2ccc(OC)cc2)C1. The second kappa shape index (κ2) is 5.82. The summed E-state index contributed by atoms with van der Waals surface area (Å²) in [5, 5.41) is 0.770. The third-order valence-corrected chi connectivity index (χ3v) is 4.16. The molecule has 1 saturated heterocycles. The van der Waals surface area contributed by atoms with Crippen LogP contribution in [-0.4, -0.2) is 13.7 Å². The molecule has 1 fully saturated rings. The van der Waals surface area contributed by atoms with Crippen molar-refractivity contribution >= 4 is 17.3 Å². The van der Waals surface area contributed by atoms with E-state index in [9.17, 15) is 0 Å². The quantitative estimate of drug-likeness (QED) is 0.751. The summed E-state index contributed by atoms with van der Waals surface area (Å²) in [4.78, 5) is 2.38. The van der Waals surface area contributed by atoms with Crippen LogP contribution in [0.4, 0.5) is 5.69 Å². The molecule has 1 heterocycles. The van der Waals surface area contributed by atoms with E-state index in [4.69, 9.17) is 16.3 Å².